The second kappa shape index (κ2) is 6.45. The molecule has 21 heavy (non-hydrogen) atoms. The average Bonchev–Trinajstić information content (AvgIpc) is 2.94. The molecule has 2 rings (SSSR count). The molecule has 0 bridgehead atoms. The number of carbonyl (C=O) groups excluding carboxylic acids is 1. The number of hydrogen-bond donors (Lipinski definition) is 2. The number of carbonyl (C=O) groups is 1. The lowest BCUT2D eigenvalue weighted by Crippen LogP contribution is -2.36. The molecule has 0 aliphatic rings. The van der Waals surface area contributed by atoms with Crippen LogP contribution in [0.1, 0.15) is 35.5 Å². The van der Waals surface area contributed by atoms with Crippen LogP contribution in [0.3, 0.4) is 0 Å². The number of hydrogen-bond acceptors (Lipinski definition) is 3. The highest BCUT2D eigenvalue weighted by molar-refractivity contribution is 9.10. The Morgan fingerprint density at radius 3 is 2.57 bits per heavy atom. The summed E-state index contributed by atoms with van der Waals surface area (Å²) in [6.07, 6.45) is 1.43. The monoisotopic (exact) mass is 350 g/mol. The van der Waals surface area contributed by atoms with Gasteiger partial charge in [0, 0.05) is 16.4 Å². The van der Waals surface area contributed by atoms with E-state index in [0.29, 0.717) is 17.9 Å². The highest BCUT2D eigenvalue weighted by Crippen LogP contribution is 2.24. The lowest BCUT2D eigenvalue weighted by molar-refractivity contribution is 0.0945. The summed E-state index contributed by atoms with van der Waals surface area (Å²) in [4.78, 5) is 12.1. The first-order chi connectivity index (χ1) is 9.92. The molecule has 2 aromatic rings. The molecule has 112 valence electrons. The Kier molecular flexibility index (Phi) is 4.85. The number of nitrogens with one attached hydrogen (secondary N) is 1. The number of rotatable bonds is 5. The molecule has 0 saturated carbocycles. The van der Waals surface area contributed by atoms with Crippen LogP contribution in [0.4, 0.5) is 0 Å². The fraction of sp³-hybridized carbons (Fsp3) is 0.312. The van der Waals surface area contributed by atoms with Gasteiger partial charge in [-0.3, -0.25) is 4.79 Å². The topological polar surface area (TPSA) is 68.3 Å². The van der Waals surface area contributed by atoms with Crippen LogP contribution < -0.4 is 11.1 Å². The van der Waals surface area contributed by atoms with Crippen molar-refractivity contribution >= 4 is 21.8 Å². The van der Waals surface area contributed by atoms with Gasteiger partial charge in [-0.05, 0) is 23.8 Å². The summed E-state index contributed by atoms with van der Waals surface area (Å²) >= 11 is 3.42. The molecule has 0 radical (unpaired) electrons. The normalized spacial score (nSPS) is 11.4. The third-order valence-electron chi connectivity index (χ3n) is 3.43. The quantitative estimate of drug-likeness (QED) is 0.869. The molecular formula is C16H19BrN2O2. The summed E-state index contributed by atoms with van der Waals surface area (Å²) in [7, 11) is 0. The molecule has 0 aliphatic carbocycles. The molecule has 1 amide bonds. The molecule has 1 aromatic carbocycles. The minimum atomic E-state index is -0.156. The molecular weight excluding hydrogens is 332 g/mol. The summed E-state index contributed by atoms with van der Waals surface area (Å²) in [6.45, 7) is 5.02. The lowest BCUT2D eigenvalue weighted by atomic mass is 9.84. The van der Waals surface area contributed by atoms with Crippen molar-refractivity contribution in [2.75, 3.05) is 6.54 Å². The molecule has 1 heterocycles. The van der Waals surface area contributed by atoms with Crippen LogP contribution in [0.5, 0.6) is 0 Å². The van der Waals surface area contributed by atoms with Gasteiger partial charge in [-0.15, -0.1) is 0 Å². The van der Waals surface area contributed by atoms with Gasteiger partial charge in [0.1, 0.15) is 12.0 Å². The summed E-state index contributed by atoms with van der Waals surface area (Å²) in [5, 5.41) is 2.94. The van der Waals surface area contributed by atoms with Gasteiger partial charge in [0.05, 0.1) is 12.1 Å². The fourth-order valence-corrected chi connectivity index (χ4v) is 2.28. The van der Waals surface area contributed by atoms with Crippen LogP contribution in [0.15, 0.2) is 45.5 Å². The highest BCUT2D eigenvalue weighted by Gasteiger charge is 2.22. The van der Waals surface area contributed by atoms with E-state index < -0.39 is 0 Å². The second-order valence-electron chi connectivity index (χ2n) is 5.58. The maximum absolute atomic E-state index is 12.1. The zero-order valence-corrected chi connectivity index (χ0v) is 13.7. The van der Waals surface area contributed by atoms with Gasteiger partial charge < -0.3 is 15.5 Å². The van der Waals surface area contributed by atoms with Gasteiger partial charge in [0.25, 0.3) is 5.91 Å². The van der Waals surface area contributed by atoms with Crippen molar-refractivity contribution in [2.45, 2.75) is 25.8 Å². The standard InChI is InChI=1S/C16H19BrN2O2/c1-16(2,12-3-5-13(17)6-4-12)10-19-15(20)11-7-14(8-18)21-9-11/h3-7,9H,8,10,18H2,1-2H3,(H,19,20). The van der Waals surface area contributed by atoms with Crippen molar-refractivity contribution in [1.82, 2.24) is 5.32 Å². The Morgan fingerprint density at radius 1 is 1.33 bits per heavy atom. The van der Waals surface area contributed by atoms with E-state index in [0.717, 1.165) is 4.47 Å². The minimum Gasteiger partial charge on any atom is -0.467 e. The number of nitrogens with two attached hydrogens (primary N) is 1. The molecule has 0 unspecified atom stereocenters. The summed E-state index contributed by atoms with van der Waals surface area (Å²) in [6, 6.07) is 9.79. The number of amides is 1. The first-order valence-electron chi connectivity index (χ1n) is 6.74. The average molecular weight is 351 g/mol. The maximum Gasteiger partial charge on any atom is 0.254 e. The van der Waals surface area contributed by atoms with E-state index in [4.69, 9.17) is 10.2 Å². The molecule has 1 aromatic heterocycles. The van der Waals surface area contributed by atoms with Gasteiger partial charge in [-0.1, -0.05) is 41.9 Å². The molecule has 4 nitrogen and oxygen atoms in total. The zero-order chi connectivity index (χ0) is 15.5. The molecule has 0 spiro atoms. The minimum absolute atomic E-state index is 0.149. The predicted octanol–water partition coefficient (Wildman–Crippen LogP) is 3.21. The van der Waals surface area contributed by atoms with Gasteiger partial charge in [-0.2, -0.15) is 0 Å². The molecule has 5 heteroatoms. The number of benzene rings is 1. The molecule has 0 saturated heterocycles. The molecule has 0 aliphatic heterocycles. The van der Waals surface area contributed by atoms with Crippen molar-refractivity contribution in [3.8, 4) is 0 Å². The Balaban J connectivity index is 2.00. The van der Waals surface area contributed by atoms with Crippen LogP contribution in [0.2, 0.25) is 0 Å². The van der Waals surface area contributed by atoms with Gasteiger partial charge in [-0.25, -0.2) is 0 Å². The smallest absolute Gasteiger partial charge is 0.254 e. The maximum atomic E-state index is 12.1. The van der Waals surface area contributed by atoms with Gasteiger partial charge in [0.2, 0.25) is 0 Å². The molecule has 0 atom stereocenters. The van der Waals surface area contributed by atoms with Crippen molar-refractivity contribution in [3.05, 3.63) is 58.0 Å². The van der Waals surface area contributed by atoms with Crippen molar-refractivity contribution in [2.24, 2.45) is 5.73 Å². The zero-order valence-electron chi connectivity index (χ0n) is 12.2. The second-order valence-corrected chi connectivity index (χ2v) is 6.49. The van der Waals surface area contributed by atoms with Crippen LogP contribution in [0.25, 0.3) is 0 Å². The van der Waals surface area contributed by atoms with E-state index >= 15 is 0 Å². The van der Waals surface area contributed by atoms with Crippen molar-refractivity contribution in [1.29, 1.82) is 0 Å². The first-order valence-corrected chi connectivity index (χ1v) is 7.53. The van der Waals surface area contributed by atoms with E-state index in [2.05, 4.69) is 47.2 Å². The van der Waals surface area contributed by atoms with E-state index in [1.54, 1.807) is 6.07 Å². The number of halogens is 1. The Morgan fingerprint density at radius 2 is 2.00 bits per heavy atom. The Hall–Kier alpha value is -1.59. The summed E-state index contributed by atoms with van der Waals surface area (Å²) < 4.78 is 6.21. The van der Waals surface area contributed by atoms with Crippen LogP contribution in [0, 0.1) is 0 Å². The van der Waals surface area contributed by atoms with E-state index in [1.165, 1.54) is 11.8 Å². The third kappa shape index (κ3) is 3.95. The van der Waals surface area contributed by atoms with E-state index in [9.17, 15) is 4.79 Å². The summed E-state index contributed by atoms with van der Waals surface area (Å²) in [5.41, 5.74) is 6.98. The fourth-order valence-electron chi connectivity index (χ4n) is 2.01. The molecule has 3 N–H and O–H groups in total. The van der Waals surface area contributed by atoms with E-state index in [1.807, 2.05) is 12.1 Å². The number of furan rings is 1. The first kappa shape index (κ1) is 15.8. The van der Waals surface area contributed by atoms with Crippen molar-refractivity contribution in [3.63, 3.8) is 0 Å². The Bertz CT molecular complexity index is 617. The largest absolute Gasteiger partial charge is 0.467 e. The SMILES string of the molecule is CC(C)(CNC(=O)c1coc(CN)c1)c1ccc(Br)cc1. The van der Waals surface area contributed by atoms with Gasteiger partial charge in [0.15, 0.2) is 0 Å². The Labute approximate surface area is 132 Å². The van der Waals surface area contributed by atoms with Crippen molar-refractivity contribution < 1.29 is 9.21 Å². The highest BCUT2D eigenvalue weighted by atomic mass is 79.9. The van der Waals surface area contributed by atoms with Crippen LogP contribution >= 0.6 is 15.9 Å². The lowest BCUT2D eigenvalue weighted by Gasteiger charge is -2.25. The predicted molar refractivity (Wildman–Crippen MR) is 86.1 cm³/mol. The van der Waals surface area contributed by atoms with Crippen LogP contribution in [-0.2, 0) is 12.0 Å². The summed E-state index contributed by atoms with van der Waals surface area (Å²) in [5.74, 6) is 0.455. The van der Waals surface area contributed by atoms with Gasteiger partial charge >= 0.3 is 0 Å². The van der Waals surface area contributed by atoms with Crippen LogP contribution in [-0.4, -0.2) is 12.5 Å². The third-order valence-corrected chi connectivity index (χ3v) is 3.96. The van der Waals surface area contributed by atoms with E-state index in [-0.39, 0.29) is 17.9 Å². The molecule has 0 fully saturated rings.